The van der Waals surface area contributed by atoms with Crippen LogP contribution in [0, 0.1) is 6.92 Å². The molecule has 0 aliphatic carbocycles. The number of nitrogens with zero attached hydrogens (tertiary/aromatic N) is 1. The zero-order valence-corrected chi connectivity index (χ0v) is 12.0. The van der Waals surface area contributed by atoms with Gasteiger partial charge in [0.25, 0.3) is 5.88 Å². The minimum Gasteiger partial charge on any atom is -0.488 e. The largest absolute Gasteiger partial charge is 0.488 e. The highest BCUT2D eigenvalue weighted by Crippen LogP contribution is 2.31. The van der Waals surface area contributed by atoms with Crippen LogP contribution in [0.5, 0.6) is 17.4 Å². The Bertz CT molecular complexity index is 640. The van der Waals surface area contributed by atoms with E-state index in [0.717, 1.165) is 6.42 Å². The van der Waals surface area contributed by atoms with Crippen LogP contribution in [0.25, 0.3) is 0 Å². The van der Waals surface area contributed by atoms with Crippen LogP contribution in [0.15, 0.2) is 36.5 Å². The molecular weight excluding hydrogens is 270 g/mol. The molecule has 0 bridgehead atoms. The van der Waals surface area contributed by atoms with Crippen molar-refractivity contribution in [1.29, 1.82) is 0 Å². The number of aromatic carboxylic acids is 1. The highest BCUT2D eigenvalue weighted by Gasteiger charge is 2.14. The number of hydrogen-bond donors (Lipinski definition) is 1. The fraction of sp³-hybridized carbons (Fsp3) is 0.250. The number of carbonyl (C=O) groups is 1. The molecule has 0 atom stereocenters. The Kier molecular flexibility index (Phi) is 4.77. The average molecular weight is 287 g/mol. The third-order valence-electron chi connectivity index (χ3n) is 2.92. The minimum atomic E-state index is -0.985. The summed E-state index contributed by atoms with van der Waals surface area (Å²) in [4.78, 5) is 15.3. The lowest BCUT2D eigenvalue weighted by molar-refractivity contribution is 0.0695. The Labute approximate surface area is 123 Å². The van der Waals surface area contributed by atoms with Crippen molar-refractivity contribution in [1.82, 2.24) is 4.98 Å². The molecule has 0 amide bonds. The predicted octanol–water partition coefficient (Wildman–Crippen LogP) is 3.67. The molecule has 0 fully saturated rings. The Morgan fingerprint density at radius 3 is 2.71 bits per heavy atom. The highest BCUT2D eigenvalue weighted by atomic mass is 16.5. The molecule has 1 aromatic heterocycles. The van der Waals surface area contributed by atoms with Gasteiger partial charge in [0.2, 0.25) is 0 Å². The van der Waals surface area contributed by atoms with Crippen molar-refractivity contribution in [3.63, 3.8) is 0 Å². The van der Waals surface area contributed by atoms with Crippen molar-refractivity contribution in [2.24, 2.45) is 0 Å². The standard InChI is InChI=1S/C16H17NO4/c1-3-10-20-14-8-5-9-17-15(14)21-13-7-4-6-12(11(13)2)16(18)19/h4-9H,3,10H2,1-2H3,(H,18,19). The van der Waals surface area contributed by atoms with Crippen LogP contribution in [-0.2, 0) is 0 Å². The van der Waals surface area contributed by atoms with E-state index in [-0.39, 0.29) is 5.56 Å². The third-order valence-corrected chi connectivity index (χ3v) is 2.92. The first-order chi connectivity index (χ1) is 10.1. The smallest absolute Gasteiger partial charge is 0.336 e. The summed E-state index contributed by atoms with van der Waals surface area (Å²) in [6, 6.07) is 8.42. The SMILES string of the molecule is CCCOc1cccnc1Oc1cccc(C(=O)O)c1C. The zero-order valence-electron chi connectivity index (χ0n) is 12.0. The van der Waals surface area contributed by atoms with Crippen molar-refractivity contribution >= 4 is 5.97 Å². The third kappa shape index (κ3) is 3.51. The van der Waals surface area contributed by atoms with Crippen molar-refractivity contribution in [2.45, 2.75) is 20.3 Å². The monoisotopic (exact) mass is 287 g/mol. The van der Waals surface area contributed by atoms with E-state index in [1.54, 1.807) is 37.4 Å². The first kappa shape index (κ1) is 14.8. The van der Waals surface area contributed by atoms with Gasteiger partial charge in [0.15, 0.2) is 5.75 Å². The van der Waals surface area contributed by atoms with Gasteiger partial charge in [-0.25, -0.2) is 9.78 Å². The molecule has 0 spiro atoms. The number of ether oxygens (including phenoxy) is 2. The first-order valence-corrected chi connectivity index (χ1v) is 6.72. The molecule has 0 saturated heterocycles. The molecule has 0 unspecified atom stereocenters. The number of aromatic nitrogens is 1. The molecule has 5 nitrogen and oxygen atoms in total. The summed E-state index contributed by atoms with van der Waals surface area (Å²) in [5, 5.41) is 9.13. The maximum Gasteiger partial charge on any atom is 0.336 e. The van der Waals surface area contributed by atoms with Crippen molar-refractivity contribution in [3.05, 3.63) is 47.7 Å². The van der Waals surface area contributed by atoms with Crippen LogP contribution in [0.3, 0.4) is 0 Å². The molecule has 2 aromatic rings. The van der Waals surface area contributed by atoms with Crippen molar-refractivity contribution < 1.29 is 19.4 Å². The summed E-state index contributed by atoms with van der Waals surface area (Å²) in [5.41, 5.74) is 0.761. The second kappa shape index (κ2) is 6.74. The average Bonchev–Trinajstić information content (AvgIpc) is 2.48. The summed E-state index contributed by atoms with van der Waals surface area (Å²) in [6.07, 6.45) is 2.48. The molecule has 21 heavy (non-hydrogen) atoms. The molecule has 0 saturated carbocycles. The normalized spacial score (nSPS) is 10.2. The predicted molar refractivity (Wildman–Crippen MR) is 78.2 cm³/mol. The van der Waals surface area contributed by atoms with E-state index in [2.05, 4.69) is 4.98 Å². The second-order valence-electron chi connectivity index (χ2n) is 4.49. The lowest BCUT2D eigenvalue weighted by Crippen LogP contribution is -2.02. The van der Waals surface area contributed by atoms with Gasteiger partial charge < -0.3 is 14.6 Å². The summed E-state index contributed by atoms with van der Waals surface area (Å²) < 4.78 is 11.3. The number of carboxylic acid groups (broad SMARTS) is 1. The molecule has 5 heteroatoms. The molecule has 1 heterocycles. The second-order valence-corrected chi connectivity index (χ2v) is 4.49. The van der Waals surface area contributed by atoms with Gasteiger partial charge in [-0.2, -0.15) is 0 Å². The topological polar surface area (TPSA) is 68.7 Å². The fourth-order valence-electron chi connectivity index (χ4n) is 1.84. The van der Waals surface area contributed by atoms with E-state index < -0.39 is 5.97 Å². The van der Waals surface area contributed by atoms with E-state index in [0.29, 0.717) is 29.5 Å². The quantitative estimate of drug-likeness (QED) is 0.877. The Morgan fingerprint density at radius 1 is 1.24 bits per heavy atom. The van der Waals surface area contributed by atoms with Crippen molar-refractivity contribution in [3.8, 4) is 17.4 Å². The van der Waals surface area contributed by atoms with Crippen LogP contribution in [0.4, 0.5) is 0 Å². The Hall–Kier alpha value is -2.56. The number of benzene rings is 1. The van der Waals surface area contributed by atoms with Crippen molar-refractivity contribution in [2.75, 3.05) is 6.61 Å². The van der Waals surface area contributed by atoms with E-state index in [9.17, 15) is 4.79 Å². The van der Waals surface area contributed by atoms with Crippen LogP contribution in [-0.4, -0.2) is 22.7 Å². The van der Waals surface area contributed by atoms with Crippen LogP contribution < -0.4 is 9.47 Å². The van der Waals surface area contributed by atoms with Gasteiger partial charge in [0, 0.05) is 11.8 Å². The fourth-order valence-corrected chi connectivity index (χ4v) is 1.84. The molecule has 0 radical (unpaired) electrons. The first-order valence-electron chi connectivity index (χ1n) is 6.72. The lowest BCUT2D eigenvalue weighted by Gasteiger charge is -2.13. The zero-order chi connectivity index (χ0) is 15.2. The van der Waals surface area contributed by atoms with Gasteiger partial charge in [0.1, 0.15) is 5.75 Å². The Morgan fingerprint density at radius 2 is 2.00 bits per heavy atom. The van der Waals surface area contributed by atoms with E-state index in [4.69, 9.17) is 14.6 Å². The van der Waals surface area contributed by atoms with Crippen LogP contribution >= 0.6 is 0 Å². The summed E-state index contributed by atoms with van der Waals surface area (Å²) in [5.74, 6) is 0.340. The minimum absolute atomic E-state index is 0.208. The lowest BCUT2D eigenvalue weighted by atomic mass is 10.1. The maximum absolute atomic E-state index is 11.1. The number of pyridine rings is 1. The summed E-state index contributed by atoms with van der Waals surface area (Å²) >= 11 is 0. The van der Waals surface area contributed by atoms with Gasteiger partial charge >= 0.3 is 5.97 Å². The van der Waals surface area contributed by atoms with E-state index in [1.165, 1.54) is 6.07 Å². The van der Waals surface area contributed by atoms with Gasteiger partial charge in [-0.1, -0.05) is 13.0 Å². The molecule has 0 aliphatic heterocycles. The summed E-state index contributed by atoms with van der Waals surface area (Å²) in [6.45, 7) is 4.28. The number of rotatable bonds is 6. The molecule has 1 N–H and O–H groups in total. The molecular formula is C16H17NO4. The van der Waals surface area contributed by atoms with Gasteiger partial charge in [-0.15, -0.1) is 0 Å². The molecule has 2 rings (SSSR count). The van der Waals surface area contributed by atoms with Gasteiger partial charge in [-0.3, -0.25) is 0 Å². The van der Waals surface area contributed by atoms with Crippen LogP contribution in [0.1, 0.15) is 29.3 Å². The number of hydrogen-bond acceptors (Lipinski definition) is 4. The molecule has 110 valence electrons. The summed E-state index contributed by atoms with van der Waals surface area (Å²) in [7, 11) is 0. The van der Waals surface area contributed by atoms with E-state index in [1.807, 2.05) is 6.92 Å². The van der Waals surface area contributed by atoms with Crippen LogP contribution in [0.2, 0.25) is 0 Å². The molecule has 1 aromatic carbocycles. The van der Waals surface area contributed by atoms with Gasteiger partial charge in [-0.05, 0) is 37.6 Å². The highest BCUT2D eigenvalue weighted by molar-refractivity contribution is 5.90. The maximum atomic E-state index is 11.1. The van der Waals surface area contributed by atoms with Gasteiger partial charge in [0.05, 0.1) is 12.2 Å². The number of carboxylic acids is 1. The Balaban J connectivity index is 2.30. The molecule has 0 aliphatic rings. The van der Waals surface area contributed by atoms with E-state index >= 15 is 0 Å².